The highest BCUT2D eigenvalue weighted by Gasteiger charge is 2.29. The fourth-order valence-electron chi connectivity index (χ4n) is 3.78. The van der Waals surface area contributed by atoms with Crippen molar-refractivity contribution in [2.75, 3.05) is 20.3 Å². The van der Waals surface area contributed by atoms with E-state index >= 15 is 0 Å². The molecule has 7 nitrogen and oxygen atoms in total. The molecule has 0 unspecified atom stereocenters. The molecule has 0 saturated carbocycles. The zero-order valence-corrected chi connectivity index (χ0v) is 15.5. The van der Waals surface area contributed by atoms with Crippen LogP contribution in [0.15, 0.2) is 52.1 Å². The van der Waals surface area contributed by atoms with Crippen LogP contribution in [0.3, 0.4) is 0 Å². The highest BCUT2D eigenvalue weighted by molar-refractivity contribution is 5.95. The average Bonchev–Trinajstić information content (AvgIpc) is 3.16. The van der Waals surface area contributed by atoms with Gasteiger partial charge in [0.2, 0.25) is 0 Å². The van der Waals surface area contributed by atoms with Gasteiger partial charge in [-0.3, -0.25) is 14.6 Å². The lowest BCUT2D eigenvalue weighted by molar-refractivity contribution is 0.0630. The van der Waals surface area contributed by atoms with E-state index in [-0.39, 0.29) is 11.9 Å². The van der Waals surface area contributed by atoms with Crippen LogP contribution < -0.4 is 11.2 Å². The monoisotopic (exact) mass is 379 g/mol. The number of aromatic amines is 2. The lowest BCUT2D eigenvalue weighted by atomic mass is 10.0. The Hall–Kier alpha value is -3.19. The second-order valence-corrected chi connectivity index (χ2v) is 7.00. The fourth-order valence-corrected chi connectivity index (χ4v) is 3.78. The summed E-state index contributed by atoms with van der Waals surface area (Å²) in [6.45, 7) is 1.30. The van der Waals surface area contributed by atoms with E-state index in [9.17, 15) is 14.4 Å². The largest absolute Gasteiger partial charge is 0.383 e. The summed E-state index contributed by atoms with van der Waals surface area (Å²) in [6.07, 6.45) is 1.96. The number of amides is 1. The number of hydrogen-bond donors (Lipinski definition) is 2. The number of H-pyrrole nitrogens is 2. The molecule has 2 heterocycles. The predicted molar refractivity (Wildman–Crippen MR) is 107 cm³/mol. The molecule has 1 amide bonds. The van der Waals surface area contributed by atoms with Gasteiger partial charge < -0.3 is 14.6 Å². The molecule has 0 bridgehead atoms. The first-order valence-electron chi connectivity index (χ1n) is 9.23. The van der Waals surface area contributed by atoms with Gasteiger partial charge in [0.05, 0.1) is 23.6 Å². The van der Waals surface area contributed by atoms with E-state index in [2.05, 4.69) is 9.97 Å². The Morgan fingerprint density at radius 3 is 2.61 bits per heavy atom. The molecule has 144 valence electrons. The minimum atomic E-state index is -0.526. The zero-order valence-electron chi connectivity index (χ0n) is 15.5. The van der Waals surface area contributed by atoms with Crippen molar-refractivity contribution in [1.82, 2.24) is 14.9 Å². The van der Waals surface area contributed by atoms with E-state index < -0.39 is 11.2 Å². The van der Waals surface area contributed by atoms with Crippen molar-refractivity contribution < 1.29 is 9.53 Å². The van der Waals surface area contributed by atoms with E-state index in [0.29, 0.717) is 23.1 Å². The first-order valence-corrected chi connectivity index (χ1v) is 9.23. The second-order valence-electron chi connectivity index (χ2n) is 7.00. The van der Waals surface area contributed by atoms with Gasteiger partial charge in [-0.25, -0.2) is 4.79 Å². The number of rotatable bonds is 4. The summed E-state index contributed by atoms with van der Waals surface area (Å²) in [6, 6.07) is 12.8. The maximum atomic E-state index is 12.8. The second kappa shape index (κ2) is 7.44. The maximum Gasteiger partial charge on any atom is 0.326 e. The quantitative estimate of drug-likeness (QED) is 0.726. The topological polar surface area (TPSA) is 95.3 Å². The molecular weight excluding hydrogens is 358 g/mol. The standard InChI is InChI=1S/C21H21N3O4/c1-28-12-16-3-2-10-24(16)20(26)14-6-4-13(5-7-14)15-8-9-18-17(11-15)19(25)23-21(27)22-18/h4-9,11,16H,2-3,10,12H2,1H3,(H2,22,23,25,27)/t16-/m0/s1. The van der Waals surface area contributed by atoms with E-state index in [4.69, 9.17) is 4.74 Å². The molecule has 0 aliphatic carbocycles. The van der Waals surface area contributed by atoms with Gasteiger partial charge in [0.25, 0.3) is 11.5 Å². The van der Waals surface area contributed by atoms with Crippen molar-refractivity contribution in [3.8, 4) is 11.1 Å². The number of hydrogen-bond acceptors (Lipinski definition) is 4. The molecule has 1 aromatic heterocycles. The molecule has 1 atom stereocenters. The molecule has 28 heavy (non-hydrogen) atoms. The van der Waals surface area contributed by atoms with Crippen LogP contribution in [-0.2, 0) is 4.74 Å². The highest BCUT2D eigenvalue weighted by Crippen LogP contribution is 2.24. The molecule has 3 aromatic rings. The van der Waals surface area contributed by atoms with Crippen molar-refractivity contribution in [1.29, 1.82) is 0 Å². The minimum Gasteiger partial charge on any atom is -0.383 e. The third-order valence-corrected chi connectivity index (χ3v) is 5.20. The van der Waals surface area contributed by atoms with E-state index in [0.717, 1.165) is 30.5 Å². The number of aromatic nitrogens is 2. The van der Waals surface area contributed by atoms with Crippen LogP contribution in [0.5, 0.6) is 0 Å². The molecule has 7 heteroatoms. The Morgan fingerprint density at radius 2 is 1.86 bits per heavy atom. The third-order valence-electron chi connectivity index (χ3n) is 5.20. The van der Waals surface area contributed by atoms with Crippen LogP contribution in [0.25, 0.3) is 22.0 Å². The number of likely N-dealkylation sites (tertiary alicyclic amines) is 1. The molecule has 4 rings (SSSR count). The molecule has 1 aliphatic rings. The zero-order chi connectivity index (χ0) is 19.7. The summed E-state index contributed by atoms with van der Waals surface area (Å²) in [5, 5.41) is 0.414. The van der Waals surface area contributed by atoms with Gasteiger partial charge in [0.15, 0.2) is 0 Å². The van der Waals surface area contributed by atoms with Gasteiger partial charge in [0.1, 0.15) is 0 Å². The number of nitrogens with one attached hydrogen (secondary N) is 2. The summed E-state index contributed by atoms with van der Waals surface area (Å²) in [5.41, 5.74) is 1.89. The van der Waals surface area contributed by atoms with Crippen molar-refractivity contribution in [2.45, 2.75) is 18.9 Å². The Morgan fingerprint density at radius 1 is 1.11 bits per heavy atom. The van der Waals surface area contributed by atoms with Gasteiger partial charge in [-0.15, -0.1) is 0 Å². The molecule has 0 radical (unpaired) electrons. The first kappa shape index (κ1) is 18.2. The number of ether oxygens (including phenoxy) is 1. The summed E-state index contributed by atoms with van der Waals surface area (Å²) in [4.78, 5) is 42.9. The number of nitrogens with zero attached hydrogens (tertiary/aromatic N) is 1. The summed E-state index contributed by atoms with van der Waals surface area (Å²) in [7, 11) is 1.65. The summed E-state index contributed by atoms with van der Waals surface area (Å²) < 4.78 is 5.23. The first-order chi connectivity index (χ1) is 13.6. The normalized spacial score (nSPS) is 16.6. The molecule has 0 spiro atoms. The molecule has 2 N–H and O–H groups in total. The SMILES string of the molecule is COC[C@@H]1CCCN1C(=O)c1ccc(-c2ccc3[nH]c(=O)[nH]c(=O)c3c2)cc1. The van der Waals surface area contributed by atoms with Crippen LogP contribution >= 0.6 is 0 Å². The number of methoxy groups -OCH3 is 1. The molecular formula is C21H21N3O4. The van der Waals surface area contributed by atoms with Gasteiger partial charge in [-0.1, -0.05) is 18.2 Å². The number of carbonyl (C=O) groups is 1. The van der Waals surface area contributed by atoms with Crippen molar-refractivity contribution in [3.05, 3.63) is 68.9 Å². The Balaban J connectivity index is 1.61. The Bertz CT molecular complexity index is 1130. The molecule has 2 aromatic carbocycles. The lowest BCUT2D eigenvalue weighted by Crippen LogP contribution is -2.38. The van der Waals surface area contributed by atoms with Crippen LogP contribution in [0, 0.1) is 0 Å². The number of fused-ring (bicyclic) bond motifs is 1. The Labute approximate surface area is 161 Å². The Kier molecular flexibility index (Phi) is 4.83. The van der Waals surface area contributed by atoms with Crippen molar-refractivity contribution >= 4 is 16.8 Å². The van der Waals surface area contributed by atoms with E-state index in [1.165, 1.54) is 0 Å². The number of carbonyl (C=O) groups excluding carboxylic acids is 1. The molecule has 1 fully saturated rings. The van der Waals surface area contributed by atoms with Crippen LogP contribution in [0.4, 0.5) is 0 Å². The van der Waals surface area contributed by atoms with Gasteiger partial charge in [0, 0.05) is 19.2 Å². The van der Waals surface area contributed by atoms with E-state index in [1.54, 1.807) is 31.4 Å². The minimum absolute atomic E-state index is 0.0126. The third kappa shape index (κ3) is 3.36. The highest BCUT2D eigenvalue weighted by atomic mass is 16.5. The lowest BCUT2D eigenvalue weighted by Gasteiger charge is -2.24. The number of benzene rings is 2. The van der Waals surface area contributed by atoms with Crippen LogP contribution in [0.1, 0.15) is 23.2 Å². The fraction of sp³-hybridized carbons (Fsp3) is 0.286. The molecule has 1 saturated heterocycles. The predicted octanol–water partition coefficient (Wildman–Crippen LogP) is 2.13. The van der Waals surface area contributed by atoms with E-state index in [1.807, 2.05) is 23.1 Å². The maximum absolute atomic E-state index is 12.8. The van der Waals surface area contributed by atoms with Gasteiger partial charge in [-0.05, 0) is 48.2 Å². The smallest absolute Gasteiger partial charge is 0.326 e. The van der Waals surface area contributed by atoms with Crippen LogP contribution in [0.2, 0.25) is 0 Å². The van der Waals surface area contributed by atoms with Crippen molar-refractivity contribution in [3.63, 3.8) is 0 Å². The van der Waals surface area contributed by atoms with Gasteiger partial charge >= 0.3 is 5.69 Å². The van der Waals surface area contributed by atoms with Crippen molar-refractivity contribution in [2.24, 2.45) is 0 Å². The summed E-state index contributed by atoms with van der Waals surface area (Å²) in [5.74, 6) is 0.0126. The van der Waals surface area contributed by atoms with Crippen LogP contribution in [-0.4, -0.2) is 47.1 Å². The summed E-state index contributed by atoms with van der Waals surface area (Å²) >= 11 is 0. The van der Waals surface area contributed by atoms with Gasteiger partial charge in [-0.2, -0.15) is 0 Å². The average molecular weight is 379 g/mol. The molecule has 1 aliphatic heterocycles.